The van der Waals surface area contributed by atoms with Gasteiger partial charge in [0, 0.05) is 6.54 Å². The van der Waals surface area contributed by atoms with Gasteiger partial charge < -0.3 is 10.4 Å². The Morgan fingerprint density at radius 3 is 2.37 bits per heavy atom. The lowest BCUT2D eigenvalue weighted by atomic mass is 10.0. The fourth-order valence-corrected chi connectivity index (χ4v) is 2.94. The minimum Gasteiger partial charge on any atom is -0.478 e. The van der Waals surface area contributed by atoms with Gasteiger partial charge in [-0.25, -0.2) is 9.18 Å². The molecule has 19 heavy (non-hydrogen) atoms. The van der Waals surface area contributed by atoms with Crippen LogP contribution in [0.1, 0.15) is 38.1 Å². The molecule has 2 N–H and O–H groups in total. The third-order valence-electron chi connectivity index (χ3n) is 5.04. The first kappa shape index (κ1) is 13.8. The van der Waals surface area contributed by atoms with Gasteiger partial charge in [0.25, 0.3) is 0 Å². The standard InChI is InChI=1S/C15H20FNO2/c1-14(2)11(15(14,3)4)8-17-10-7-5-6-9(16)12(10)13(18)19/h5-7,11,17H,8H2,1-4H3,(H,18,19). The van der Waals surface area contributed by atoms with Crippen molar-refractivity contribution < 1.29 is 14.3 Å². The second kappa shape index (κ2) is 4.22. The molecule has 1 aromatic rings. The number of halogens is 1. The van der Waals surface area contributed by atoms with Crippen LogP contribution < -0.4 is 5.32 Å². The zero-order chi connectivity index (χ0) is 14.4. The number of carboxylic acid groups (broad SMARTS) is 1. The molecule has 1 saturated carbocycles. The predicted octanol–water partition coefficient (Wildman–Crippen LogP) is 3.62. The first-order valence-corrected chi connectivity index (χ1v) is 6.45. The van der Waals surface area contributed by atoms with Crippen molar-refractivity contribution in [3.8, 4) is 0 Å². The van der Waals surface area contributed by atoms with Crippen LogP contribution in [0.25, 0.3) is 0 Å². The van der Waals surface area contributed by atoms with Gasteiger partial charge in [0.2, 0.25) is 0 Å². The predicted molar refractivity (Wildman–Crippen MR) is 72.9 cm³/mol. The van der Waals surface area contributed by atoms with Crippen LogP contribution in [0.3, 0.4) is 0 Å². The molecular formula is C15H20FNO2. The molecule has 0 saturated heterocycles. The fraction of sp³-hybridized carbons (Fsp3) is 0.533. The maximum Gasteiger partial charge on any atom is 0.340 e. The molecule has 104 valence electrons. The second-order valence-corrected chi connectivity index (χ2v) is 6.34. The number of hydrogen-bond donors (Lipinski definition) is 2. The van der Waals surface area contributed by atoms with Crippen molar-refractivity contribution in [1.29, 1.82) is 0 Å². The van der Waals surface area contributed by atoms with Gasteiger partial charge in [0.1, 0.15) is 11.4 Å². The van der Waals surface area contributed by atoms with Gasteiger partial charge in [-0.05, 0) is 28.9 Å². The maximum absolute atomic E-state index is 13.5. The lowest BCUT2D eigenvalue weighted by Gasteiger charge is -2.11. The molecule has 0 amide bonds. The normalized spacial score (nSPS) is 20.1. The van der Waals surface area contributed by atoms with E-state index in [4.69, 9.17) is 5.11 Å². The number of carboxylic acids is 1. The fourth-order valence-electron chi connectivity index (χ4n) is 2.94. The van der Waals surface area contributed by atoms with Crippen LogP contribution in [0.2, 0.25) is 0 Å². The minimum atomic E-state index is -1.24. The molecule has 3 nitrogen and oxygen atoms in total. The van der Waals surface area contributed by atoms with Gasteiger partial charge >= 0.3 is 5.97 Å². The Labute approximate surface area is 112 Å². The highest BCUT2D eigenvalue weighted by Gasteiger charge is 2.64. The molecule has 0 heterocycles. The Bertz CT molecular complexity index is 509. The van der Waals surface area contributed by atoms with Crippen molar-refractivity contribution in [2.45, 2.75) is 27.7 Å². The third kappa shape index (κ3) is 2.09. The van der Waals surface area contributed by atoms with Crippen LogP contribution in [0.5, 0.6) is 0 Å². The van der Waals surface area contributed by atoms with E-state index >= 15 is 0 Å². The van der Waals surface area contributed by atoms with Crippen LogP contribution in [0.4, 0.5) is 10.1 Å². The van der Waals surface area contributed by atoms with E-state index in [-0.39, 0.29) is 16.4 Å². The second-order valence-electron chi connectivity index (χ2n) is 6.34. The van der Waals surface area contributed by atoms with Gasteiger partial charge in [-0.15, -0.1) is 0 Å². The van der Waals surface area contributed by atoms with E-state index in [2.05, 4.69) is 33.0 Å². The average Bonchev–Trinajstić information content (AvgIpc) is 2.66. The first-order valence-electron chi connectivity index (χ1n) is 6.45. The van der Waals surface area contributed by atoms with E-state index in [1.165, 1.54) is 12.1 Å². The topological polar surface area (TPSA) is 49.3 Å². The molecule has 0 radical (unpaired) electrons. The molecule has 1 aromatic carbocycles. The number of nitrogens with one attached hydrogen (secondary N) is 1. The summed E-state index contributed by atoms with van der Waals surface area (Å²) in [6.07, 6.45) is 0. The van der Waals surface area contributed by atoms with Crippen molar-refractivity contribution in [1.82, 2.24) is 0 Å². The number of benzene rings is 1. The van der Waals surface area contributed by atoms with Gasteiger partial charge in [-0.1, -0.05) is 33.8 Å². The highest BCUT2D eigenvalue weighted by Crippen LogP contribution is 2.68. The van der Waals surface area contributed by atoms with E-state index < -0.39 is 11.8 Å². The number of hydrogen-bond acceptors (Lipinski definition) is 2. The van der Waals surface area contributed by atoms with E-state index in [1.807, 2.05) is 0 Å². The average molecular weight is 265 g/mol. The molecule has 0 aliphatic heterocycles. The van der Waals surface area contributed by atoms with E-state index in [0.29, 0.717) is 18.2 Å². The summed E-state index contributed by atoms with van der Waals surface area (Å²) in [6.45, 7) is 9.45. The molecule has 1 aliphatic rings. The lowest BCUT2D eigenvalue weighted by molar-refractivity contribution is 0.0693. The maximum atomic E-state index is 13.5. The number of rotatable bonds is 4. The van der Waals surface area contributed by atoms with E-state index in [0.717, 1.165) is 0 Å². The zero-order valence-electron chi connectivity index (χ0n) is 11.7. The highest BCUT2D eigenvalue weighted by atomic mass is 19.1. The monoisotopic (exact) mass is 265 g/mol. The molecule has 0 aromatic heterocycles. The van der Waals surface area contributed by atoms with Crippen molar-refractivity contribution in [3.63, 3.8) is 0 Å². The van der Waals surface area contributed by atoms with Gasteiger partial charge in [-0.3, -0.25) is 0 Å². The summed E-state index contributed by atoms with van der Waals surface area (Å²) in [5.41, 5.74) is 0.512. The third-order valence-corrected chi connectivity index (χ3v) is 5.04. The van der Waals surface area contributed by atoms with E-state index in [1.54, 1.807) is 6.07 Å². The van der Waals surface area contributed by atoms with E-state index in [9.17, 15) is 9.18 Å². The molecule has 4 heteroatoms. The summed E-state index contributed by atoms with van der Waals surface area (Å²) >= 11 is 0. The Morgan fingerprint density at radius 1 is 1.32 bits per heavy atom. The number of aromatic carboxylic acids is 1. The van der Waals surface area contributed by atoms with Crippen LogP contribution >= 0.6 is 0 Å². The van der Waals surface area contributed by atoms with Crippen molar-refractivity contribution in [2.24, 2.45) is 16.7 Å². The molecule has 0 bridgehead atoms. The summed E-state index contributed by atoms with van der Waals surface area (Å²) in [7, 11) is 0. The number of carbonyl (C=O) groups is 1. The van der Waals surface area contributed by atoms with Crippen LogP contribution in [0, 0.1) is 22.6 Å². The molecule has 1 fully saturated rings. The number of anilines is 1. The molecule has 1 aliphatic carbocycles. The Hall–Kier alpha value is -1.58. The first-order chi connectivity index (χ1) is 8.69. The molecule has 0 unspecified atom stereocenters. The molecular weight excluding hydrogens is 245 g/mol. The summed E-state index contributed by atoms with van der Waals surface area (Å²) in [4.78, 5) is 11.1. The van der Waals surface area contributed by atoms with Crippen molar-refractivity contribution in [2.75, 3.05) is 11.9 Å². The minimum absolute atomic E-state index is 0.219. The molecule has 0 spiro atoms. The largest absolute Gasteiger partial charge is 0.478 e. The summed E-state index contributed by atoms with van der Waals surface area (Å²) in [5, 5.41) is 12.1. The SMILES string of the molecule is CC1(C)C(CNc2cccc(F)c2C(=O)O)C1(C)C. The summed E-state index contributed by atoms with van der Waals surface area (Å²) in [5.74, 6) is -1.49. The Balaban J connectivity index is 2.14. The molecule has 2 rings (SSSR count). The zero-order valence-corrected chi connectivity index (χ0v) is 11.7. The lowest BCUT2D eigenvalue weighted by Crippen LogP contribution is -2.12. The molecule has 0 atom stereocenters. The van der Waals surface area contributed by atoms with Gasteiger partial charge in [0.15, 0.2) is 0 Å². The van der Waals surface area contributed by atoms with Gasteiger partial charge in [-0.2, -0.15) is 0 Å². The van der Waals surface area contributed by atoms with Crippen molar-refractivity contribution in [3.05, 3.63) is 29.6 Å². The van der Waals surface area contributed by atoms with Crippen LogP contribution in [-0.4, -0.2) is 17.6 Å². The van der Waals surface area contributed by atoms with Crippen LogP contribution in [0.15, 0.2) is 18.2 Å². The van der Waals surface area contributed by atoms with Crippen LogP contribution in [-0.2, 0) is 0 Å². The summed E-state index contributed by atoms with van der Waals surface area (Å²) in [6, 6.07) is 4.29. The Morgan fingerprint density at radius 2 is 1.89 bits per heavy atom. The highest BCUT2D eigenvalue weighted by molar-refractivity contribution is 5.94. The van der Waals surface area contributed by atoms with Gasteiger partial charge in [0.05, 0.1) is 5.69 Å². The van der Waals surface area contributed by atoms with Crippen molar-refractivity contribution >= 4 is 11.7 Å². The Kier molecular flexibility index (Phi) is 3.07. The quantitative estimate of drug-likeness (QED) is 0.874. The summed E-state index contributed by atoms with van der Waals surface area (Å²) < 4.78 is 13.5. The smallest absolute Gasteiger partial charge is 0.340 e.